The number of hydrogen-bond donors (Lipinski definition) is 1. The lowest BCUT2D eigenvalue weighted by Crippen LogP contribution is -2.36. The molecule has 2 aliphatic heterocycles. The molecule has 1 aromatic heterocycles. The molecule has 3 heterocycles. The van der Waals surface area contributed by atoms with E-state index in [2.05, 4.69) is 59.6 Å². The maximum absolute atomic E-state index is 12.5. The molecule has 0 spiro atoms. The maximum Gasteiger partial charge on any atom is 0.184 e. The van der Waals surface area contributed by atoms with Crippen LogP contribution in [0, 0.1) is 0 Å². The summed E-state index contributed by atoms with van der Waals surface area (Å²) in [6, 6.07) is 20.5. The molecule has 5 heteroatoms. The zero-order valence-corrected chi connectivity index (χ0v) is 17.2. The molecule has 2 atom stereocenters. The maximum atomic E-state index is 12.5. The van der Waals surface area contributed by atoms with Gasteiger partial charge in [0.05, 0.1) is 23.4 Å². The molecule has 150 valence electrons. The predicted molar refractivity (Wildman–Crippen MR) is 119 cm³/mol. The van der Waals surface area contributed by atoms with Crippen molar-refractivity contribution in [1.29, 1.82) is 0 Å². The normalized spacial score (nSPS) is 19.8. The first-order valence-corrected chi connectivity index (χ1v) is 10.2. The second-order valence-electron chi connectivity index (χ2n) is 8.19. The van der Waals surface area contributed by atoms with Crippen LogP contribution < -0.4 is 5.32 Å². The van der Waals surface area contributed by atoms with Gasteiger partial charge in [0.25, 0.3) is 0 Å². The van der Waals surface area contributed by atoms with E-state index in [4.69, 9.17) is 4.99 Å². The van der Waals surface area contributed by atoms with Crippen molar-refractivity contribution in [2.24, 2.45) is 4.99 Å². The molecular weight excluding hydrogens is 372 g/mol. The van der Waals surface area contributed by atoms with Crippen molar-refractivity contribution in [3.63, 3.8) is 0 Å². The number of pyridine rings is 1. The molecule has 2 aromatic carbocycles. The first kappa shape index (κ1) is 18.7. The number of carbonyl (C=O) groups is 1. The zero-order chi connectivity index (χ0) is 20.7. The Morgan fingerprint density at radius 1 is 1.07 bits per heavy atom. The number of aromatic nitrogens is 1. The van der Waals surface area contributed by atoms with Gasteiger partial charge in [-0.3, -0.25) is 14.8 Å². The number of nitrogens with zero attached hydrogens (tertiary/aromatic N) is 3. The Morgan fingerprint density at radius 3 is 2.73 bits per heavy atom. The Hall–Kier alpha value is -3.31. The topological polar surface area (TPSA) is 57.6 Å². The van der Waals surface area contributed by atoms with Crippen LogP contribution in [0.1, 0.15) is 44.7 Å². The van der Waals surface area contributed by atoms with Crippen LogP contribution in [0.25, 0.3) is 0 Å². The van der Waals surface area contributed by atoms with Crippen molar-refractivity contribution in [3.05, 3.63) is 94.8 Å². The number of benzene rings is 2. The summed E-state index contributed by atoms with van der Waals surface area (Å²) in [4.78, 5) is 24.2. The SMILES string of the molecule is CN(C)Cc1cccc(C2C3=NCC(=O)c4cccc(c43)NC2c2ccccn2)c1. The second-order valence-corrected chi connectivity index (χ2v) is 8.19. The summed E-state index contributed by atoms with van der Waals surface area (Å²) in [5.74, 6) is 0.0533. The molecule has 0 saturated heterocycles. The van der Waals surface area contributed by atoms with Gasteiger partial charge in [0, 0.05) is 29.6 Å². The summed E-state index contributed by atoms with van der Waals surface area (Å²) < 4.78 is 0. The molecule has 0 amide bonds. The van der Waals surface area contributed by atoms with Crippen LogP contribution >= 0.6 is 0 Å². The highest BCUT2D eigenvalue weighted by Gasteiger charge is 2.40. The molecule has 5 rings (SSSR count). The van der Waals surface area contributed by atoms with Crippen molar-refractivity contribution in [1.82, 2.24) is 9.88 Å². The van der Waals surface area contributed by atoms with Gasteiger partial charge >= 0.3 is 0 Å². The summed E-state index contributed by atoms with van der Waals surface area (Å²) in [5, 5.41) is 3.68. The molecule has 2 unspecified atom stereocenters. The Kier molecular flexibility index (Phi) is 4.68. The number of rotatable bonds is 4. The molecule has 0 saturated carbocycles. The first-order valence-electron chi connectivity index (χ1n) is 10.2. The third-order valence-electron chi connectivity index (χ3n) is 5.77. The predicted octanol–water partition coefficient (Wildman–Crippen LogP) is 4.08. The van der Waals surface area contributed by atoms with Crippen LogP contribution in [0.3, 0.4) is 0 Å². The average molecular weight is 396 g/mol. The van der Waals surface area contributed by atoms with Gasteiger partial charge in [-0.05, 0) is 43.4 Å². The van der Waals surface area contributed by atoms with Crippen molar-refractivity contribution in [2.75, 3.05) is 26.0 Å². The summed E-state index contributed by atoms with van der Waals surface area (Å²) in [5.41, 5.74) is 7.06. The fraction of sp³-hybridized carbons (Fsp3) is 0.240. The summed E-state index contributed by atoms with van der Waals surface area (Å²) in [6.07, 6.45) is 1.83. The molecule has 0 aliphatic carbocycles. The molecule has 1 N–H and O–H groups in total. The van der Waals surface area contributed by atoms with E-state index in [1.54, 1.807) is 0 Å². The van der Waals surface area contributed by atoms with E-state index in [9.17, 15) is 4.79 Å². The number of ketones is 1. The number of Topliss-reactive ketones (excluding diaryl/α,β-unsaturated/α-hetero) is 1. The zero-order valence-electron chi connectivity index (χ0n) is 17.2. The average Bonchev–Trinajstić information content (AvgIpc) is 2.76. The smallest absolute Gasteiger partial charge is 0.184 e. The van der Waals surface area contributed by atoms with Gasteiger partial charge < -0.3 is 10.2 Å². The van der Waals surface area contributed by atoms with E-state index in [1.807, 2.05) is 36.5 Å². The van der Waals surface area contributed by atoms with Gasteiger partial charge in [0.15, 0.2) is 5.78 Å². The largest absolute Gasteiger partial charge is 0.375 e. The summed E-state index contributed by atoms with van der Waals surface area (Å²) >= 11 is 0. The Balaban J connectivity index is 1.69. The van der Waals surface area contributed by atoms with Crippen molar-refractivity contribution < 1.29 is 4.79 Å². The molecule has 0 radical (unpaired) electrons. The van der Waals surface area contributed by atoms with E-state index in [0.717, 1.165) is 34.8 Å². The molecule has 2 aliphatic rings. The second kappa shape index (κ2) is 7.50. The number of nitrogens with one attached hydrogen (secondary N) is 1. The third-order valence-corrected chi connectivity index (χ3v) is 5.77. The lowest BCUT2D eigenvalue weighted by atomic mass is 9.76. The molecule has 5 nitrogen and oxygen atoms in total. The van der Waals surface area contributed by atoms with Crippen LogP contribution in [-0.4, -0.2) is 42.0 Å². The van der Waals surface area contributed by atoms with Gasteiger partial charge in [-0.2, -0.15) is 0 Å². The molecule has 0 bridgehead atoms. The van der Waals surface area contributed by atoms with Crippen LogP contribution in [0.15, 0.2) is 71.9 Å². The van der Waals surface area contributed by atoms with E-state index in [-0.39, 0.29) is 24.3 Å². The summed E-state index contributed by atoms with van der Waals surface area (Å²) in [6.45, 7) is 1.07. The van der Waals surface area contributed by atoms with Crippen molar-refractivity contribution >= 4 is 17.2 Å². The third kappa shape index (κ3) is 3.21. The van der Waals surface area contributed by atoms with Crippen molar-refractivity contribution in [3.8, 4) is 0 Å². The lowest BCUT2D eigenvalue weighted by molar-refractivity contribution is 0.1000. The summed E-state index contributed by atoms with van der Waals surface area (Å²) in [7, 11) is 4.15. The van der Waals surface area contributed by atoms with Gasteiger partial charge in [-0.1, -0.05) is 42.5 Å². The van der Waals surface area contributed by atoms with Gasteiger partial charge in [-0.15, -0.1) is 0 Å². The van der Waals surface area contributed by atoms with E-state index in [1.165, 1.54) is 11.1 Å². The standard InChI is InChI=1S/C25H24N4O/c1-29(2)15-16-7-5-8-17(13-16)22-24(20-10-3-4-12-26-20)28-19-11-6-9-18-21(30)14-27-25(22)23(18)19/h3-13,22,24,28H,14-15H2,1-2H3. The highest BCUT2D eigenvalue weighted by Crippen LogP contribution is 2.44. The highest BCUT2D eigenvalue weighted by molar-refractivity contribution is 6.21. The van der Waals surface area contributed by atoms with Gasteiger partial charge in [0.2, 0.25) is 0 Å². The number of hydrogen-bond acceptors (Lipinski definition) is 5. The number of anilines is 1. The highest BCUT2D eigenvalue weighted by atomic mass is 16.1. The first-order chi connectivity index (χ1) is 14.6. The molecule has 30 heavy (non-hydrogen) atoms. The van der Waals surface area contributed by atoms with Crippen LogP contribution in [0.5, 0.6) is 0 Å². The van der Waals surface area contributed by atoms with Crippen LogP contribution in [0.2, 0.25) is 0 Å². The van der Waals surface area contributed by atoms with E-state index >= 15 is 0 Å². The Bertz CT molecular complexity index is 1140. The fourth-order valence-electron chi connectivity index (χ4n) is 4.57. The van der Waals surface area contributed by atoms with Gasteiger partial charge in [0.1, 0.15) is 6.54 Å². The quantitative estimate of drug-likeness (QED) is 0.722. The van der Waals surface area contributed by atoms with Crippen LogP contribution in [0.4, 0.5) is 5.69 Å². The monoisotopic (exact) mass is 396 g/mol. The van der Waals surface area contributed by atoms with Crippen LogP contribution in [-0.2, 0) is 6.54 Å². The van der Waals surface area contributed by atoms with Gasteiger partial charge in [-0.25, -0.2) is 0 Å². The van der Waals surface area contributed by atoms with Crippen molar-refractivity contribution in [2.45, 2.75) is 18.5 Å². The minimum Gasteiger partial charge on any atom is -0.375 e. The minimum absolute atomic E-state index is 0.0243. The number of aliphatic imine (C=N–C) groups is 1. The Morgan fingerprint density at radius 2 is 1.93 bits per heavy atom. The van der Waals surface area contributed by atoms with E-state index in [0.29, 0.717) is 0 Å². The minimum atomic E-state index is -0.0597. The molecule has 0 fully saturated rings. The number of carbonyl (C=O) groups excluding carboxylic acids is 1. The molecule has 3 aromatic rings. The van der Waals surface area contributed by atoms with E-state index < -0.39 is 0 Å². The fourth-order valence-corrected chi connectivity index (χ4v) is 4.57. The Labute approximate surface area is 176 Å². The lowest BCUT2D eigenvalue weighted by Gasteiger charge is -2.38. The molecular formula is C25H24N4O.